The van der Waals surface area contributed by atoms with E-state index in [9.17, 15) is 25.2 Å². The second-order valence-electron chi connectivity index (χ2n) is 8.20. The van der Waals surface area contributed by atoms with E-state index >= 15 is 0 Å². The molecular formula is C23H33ClO5. The maximum atomic E-state index is 11.2. The van der Waals surface area contributed by atoms with Gasteiger partial charge >= 0.3 is 0 Å². The standard InChI is InChI=1S/C23H33ClO5/c1-14(7-6-8-15(2)10-12-19(26)23(4,5)29)9-11-17-21(27)18(13-25)16(3)20(24)22(17)28/h8-9,13,19,26-29H,6-7,10-12H2,1-5H3/t19-/m0/s1. The van der Waals surface area contributed by atoms with Crippen molar-refractivity contribution in [3.05, 3.63) is 45.0 Å². The summed E-state index contributed by atoms with van der Waals surface area (Å²) in [6.07, 6.45) is 6.89. The minimum atomic E-state index is -1.10. The number of carbonyl (C=O) groups excluding carboxylic acids is 1. The van der Waals surface area contributed by atoms with E-state index < -0.39 is 11.7 Å². The smallest absolute Gasteiger partial charge is 0.154 e. The lowest BCUT2D eigenvalue weighted by atomic mass is 9.95. The summed E-state index contributed by atoms with van der Waals surface area (Å²) in [5.41, 5.74) is 1.83. The SMILES string of the molecule is CC(=CCc1c(O)c(Cl)c(C)c(C=O)c1O)CCC=C(C)CC[C@H](O)C(C)(C)O. The van der Waals surface area contributed by atoms with Crippen LogP contribution in [0, 0.1) is 6.92 Å². The lowest BCUT2D eigenvalue weighted by molar-refractivity contribution is -0.0509. The van der Waals surface area contributed by atoms with E-state index in [2.05, 4.69) is 6.08 Å². The van der Waals surface area contributed by atoms with Crippen molar-refractivity contribution in [3.63, 3.8) is 0 Å². The molecule has 1 aromatic rings. The van der Waals surface area contributed by atoms with Crippen molar-refractivity contribution in [2.75, 3.05) is 0 Å². The predicted octanol–water partition coefficient (Wildman–Crippen LogP) is 5.00. The van der Waals surface area contributed by atoms with Gasteiger partial charge in [-0.3, -0.25) is 4.79 Å². The van der Waals surface area contributed by atoms with Crippen LogP contribution in [0.15, 0.2) is 23.3 Å². The van der Waals surface area contributed by atoms with Crippen LogP contribution >= 0.6 is 11.6 Å². The van der Waals surface area contributed by atoms with E-state index in [1.807, 2.05) is 19.9 Å². The number of benzene rings is 1. The highest BCUT2D eigenvalue weighted by molar-refractivity contribution is 6.33. The Balaban J connectivity index is 2.70. The Morgan fingerprint density at radius 3 is 2.24 bits per heavy atom. The van der Waals surface area contributed by atoms with E-state index in [0.29, 0.717) is 24.7 Å². The average molecular weight is 425 g/mol. The van der Waals surface area contributed by atoms with Gasteiger partial charge in [-0.05, 0) is 72.3 Å². The number of carbonyl (C=O) groups is 1. The molecule has 0 heterocycles. The fourth-order valence-electron chi connectivity index (χ4n) is 2.96. The van der Waals surface area contributed by atoms with Crippen molar-refractivity contribution < 1.29 is 25.2 Å². The molecular weight excluding hydrogens is 392 g/mol. The van der Waals surface area contributed by atoms with Gasteiger partial charge in [0, 0.05) is 5.56 Å². The first-order valence-electron chi connectivity index (χ1n) is 9.79. The molecule has 0 saturated carbocycles. The first kappa shape index (κ1) is 25.2. The van der Waals surface area contributed by atoms with Crippen LogP contribution in [0.2, 0.25) is 5.02 Å². The van der Waals surface area contributed by atoms with Crippen LogP contribution in [0.4, 0.5) is 0 Å². The van der Waals surface area contributed by atoms with Crippen molar-refractivity contribution in [1.82, 2.24) is 0 Å². The van der Waals surface area contributed by atoms with Gasteiger partial charge in [0.25, 0.3) is 0 Å². The van der Waals surface area contributed by atoms with Crippen LogP contribution in [0.3, 0.4) is 0 Å². The molecule has 29 heavy (non-hydrogen) atoms. The Hall–Kier alpha value is -1.82. The zero-order valence-electron chi connectivity index (χ0n) is 17.9. The van der Waals surface area contributed by atoms with Gasteiger partial charge in [-0.15, -0.1) is 0 Å². The highest BCUT2D eigenvalue weighted by Gasteiger charge is 2.23. The van der Waals surface area contributed by atoms with Crippen molar-refractivity contribution in [2.24, 2.45) is 0 Å². The normalized spacial score (nSPS) is 14.2. The summed E-state index contributed by atoms with van der Waals surface area (Å²) in [4.78, 5) is 11.2. The van der Waals surface area contributed by atoms with Crippen molar-refractivity contribution in [2.45, 2.75) is 78.4 Å². The Kier molecular flexibility index (Phi) is 9.40. The molecule has 0 aliphatic rings. The van der Waals surface area contributed by atoms with Gasteiger partial charge in [0.2, 0.25) is 0 Å². The summed E-state index contributed by atoms with van der Waals surface area (Å²) in [7, 11) is 0. The van der Waals surface area contributed by atoms with Gasteiger partial charge < -0.3 is 20.4 Å². The van der Waals surface area contributed by atoms with Crippen LogP contribution in [0.25, 0.3) is 0 Å². The Morgan fingerprint density at radius 1 is 1.10 bits per heavy atom. The third-order valence-corrected chi connectivity index (χ3v) is 5.66. The third-order valence-electron chi connectivity index (χ3n) is 5.20. The number of allylic oxidation sites excluding steroid dienone is 4. The van der Waals surface area contributed by atoms with Gasteiger partial charge in [0.05, 0.1) is 22.3 Å². The monoisotopic (exact) mass is 424 g/mol. The van der Waals surface area contributed by atoms with Crippen LogP contribution in [-0.2, 0) is 6.42 Å². The molecule has 1 rings (SSSR count). The first-order chi connectivity index (χ1) is 13.4. The molecule has 0 bridgehead atoms. The summed E-state index contributed by atoms with van der Waals surface area (Å²) in [5, 5.41) is 40.2. The molecule has 1 aromatic carbocycles. The van der Waals surface area contributed by atoms with Crippen molar-refractivity contribution in [3.8, 4) is 11.5 Å². The first-order valence-corrected chi connectivity index (χ1v) is 10.2. The molecule has 0 fully saturated rings. The molecule has 4 N–H and O–H groups in total. The van der Waals surface area contributed by atoms with E-state index in [0.717, 1.165) is 24.0 Å². The van der Waals surface area contributed by atoms with E-state index in [1.54, 1.807) is 20.8 Å². The molecule has 0 aliphatic carbocycles. The molecule has 162 valence electrons. The maximum absolute atomic E-state index is 11.2. The topological polar surface area (TPSA) is 98.0 Å². The molecule has 1 atom stereocenters. The van der Waals surface area contributed by atoms with Gasteiger partial charge in [0.15, 0.2) is 6.29 Å². The minimum absolute atomic E-state index is 0.0813. The van der Waals surface area contributed by atoms with Crippen LogP contribution in [0.1, 0.15) is 74.9 Å². The molecule has 6 heteroatoms. The van der Waals surface area contributed by atoms with Crippen LogP contribution in [-0.4, -0.2) is 38.4 Å². The highest BCUT2D eigenvalue weighted by Crippen LogP contribution is 2.40. The Labute approximate surface area is 178 Å². The number of phenolic OH excluding ortho intramolecular Hbond substituents is 2. The summed E-state index contributed by atoms with van der Waals surface area (Å²) < 4.78 is 0. The molecule has 0 radical (unpaired) electrons. The maximum Gasteiger partial charge on any atom is 0.154 e. The van der Waals surface area contributed by atoms with Gasteiger partial charge in [0.1, 0.15) is 11.5 Å². The lowest BCUT2D eigenvalue weighted by Gasteiger charge is -2.24. The number of hydrogen-bond acceptors (Lipinski definition) is 5. The predicted molar refractivity (Wildman–Crippen MR) is 117 cm³/mol. The summed E-state index contributed by atoms with van der Waals surface area (Å²) in [6.45, 7) is 8.73. The largest absolute Gasteiger partial charge is 0.507 e. The average Bonchev–Trinajstić information content (AvgIpc) is 2.64. The van der Waals surface area contributed by atoms with Gasteiger partial charge in [-0.1, -0.05) is 34.9 Å². The summed E-state index contributed by atoms with van der Waals surface area (Å²) in [6, 6.07) is 0. The zero-order chi connectivity index (χ0) is 22.4. The number of aliphatic hydroxyl groups excluding tert-OH is 1. The van der Waals surface area contributed by atoms with Crippen molar-refractivity contribution >= 4 is 17.9 Å². The number of halogens is 1. The summed E-state index contributed by atoms with van der Waals surface area (Å²) in [5.74, 6) is -0.429. The Morgan fingerprint density at radius 2 is 1.69 bits per heavy atom. The highest BCUT2D eigenvalue weighted by atomic mass is 35.5. The fourth-order valence-corrected chi connectivity index (χ4v) is 3.18. The number of aldehydes is 1. The number of hydrogen-bond donors (Lipinski definition) is 4. The molecule has 0 unspecified atom stereocenters. The zero-order valence-corrected chi connectivity index (χ0v) is 18.7. The quantitative estimate of drug-likeness (QED) is 0.313. The Bertz CT molecular complexity index is 788. The number of rotatable bonds is 10. The number of aromatic hydroxyl groups is 2. The van der Waals surface area contributed by atoms with Gasteiger partial charge in [-0.25, -0.2) is 0 Å². The number of phenols is 2. The number of aliphatic hydroxyl groups is 2. The van der Waals surface area contributed by atoms with Gasteiger partial charge in [-0.2, -0.15) is 0 Å². The molecule has 0 aliphatic heterocycles. The summed E-state index contributed by atoms with van der Waals surface area (Å²) >= 11 is 6.07. The molecule has 5 nitrogen and oxygen atoms in total. The van der Waals surface area contributed by atoms with Crippen LogP contribution < -0.4 is 0 Å². The van der Waals surface area contributed by atoms with E-state index in [4.69, 9.17) is 11.6 Å². The lowest BCUT2D eigenvalue weighted by Crippen LogP contribution is -2.35. The van der Waals surface area contributed by atoms with Crippen LogP contribution in [0.5, 0.6) is 11.5 Å². The molecule has 0 saturated heterocycles. The second-order valence-corrected chi connectivity index (χ2v) is 8.58. The van der Waals surface area contributed by atoms with E-state index in [1.165, 1.54) is 0 Å². The third kappa shape index (κ3) is 7.18. The van der Waals surface area contributed by atoms with Crippen molar-refractivity contribution in [1.29, 1.82) is 0 Å². The second kappa shape index (κ2) is 10.8. The molecule has 0 spiro atoms. The minimum Gasteiger partial charge on any atom is -0.507 e. The molecule has 0 aromatic heterocycles. The fraction of sp³-hybridized carbons (Fsp3) is 0.522. The van der Waals surface area contributed by atoms with E-state index in [-0.39, 0.29) is 34.1 Å². The molecule has 0 amide bonds.